The summed E-state index contributed by atoms with van der Waals surface area (Å²) in [5.74, 6) is -0.501. The van der Waals surface area contributed by atoms with Crippen LogP contribution in [0.5, 0.6) is 0 Å². The van der Waals surface area contributed by atoms with E-state index in [2.05, 4.69) is 37.9 Å². The molecule has 2 aromatic heterocycles. The first kappa shape index (κ1) is 21.6. The van der Waals surface area contributed by atoms with Crippen LogP contribution in [0.4, 0.5) is 5.13 Å². The molecule has 3 amide bonds. The zero-order valence-corrected chi connectivity index (χ0v) is 19.3. The van der Waals surface area contributed by atoms with E-state index in [-0.39, 0.29) is 29.7 Å². The minimum absolute atomic E-state index is 0.126. The highest BCUT2D eigenvalue weighted by atomic mass is 32.1. The van der Waals surface area contributed by atoms with Gasteiger partial charge in [-0.15, -0.1) is 11.3 Å². The number of amides is 3. The fraction of sp³-hybridized carbons (Fsp3) is 0.391. The van der Waals surface area contributed by atoms with Crippen LogP contribution in [0, 0.1) is 0 Å². The van der Waals surface area contributed by atoms with Gasteiger partial charge in [-0.2, -0.15) is 0 Å². The Kier molecular flexibility index (Phi) is 5.63. The standard InChI is InChI=1S/C23H26N6O3S/c1-12-10-24-22(32)19-18(12)15-9-13(3-4-16(15)26-19)20(30)28-23-27-17(11-33-23)21(31)25-14-5-7-29(2)8-6-14/h3-4,9,11-12,14,26H,5-8,10H2,1-2H3,(H,24,32)(H,25,31)(H,27,28,30). The monoisotopic (exact) mass is 466 g/mol. The van der Waals surface area contributed by atoms with Gasteiger partial charge < -0.3 is 20.5 Å². The number of benzene rings is 1. The number of nitrogens with zero attached hydrogens (tertiary/aromatic N) is 2. The largest absolute Gasteiger partial charge is 0.350 e. The number of H-pyrrole nitrogens is 1. The predicted molar refractivity (Wildman–Crippen MR) is 127 cm³/mol. The van der Waals surface area contributed by atoms with Gasteiger partial charge in [0.2, 0.25) is 0 Å². The maximum atomic E-state index is 12.9. The lowest BCUT2D eigenvalue weighted by atomic mass is 9.93. The van der Waals surface area contributed by atoms with E-state index in [1.807, 2.05) is 13.0 Å². The number of nitrogens with one attached hydrogen (secondary N) is 4. The smallest absolute Gasteiger partial charge is 0.271 e. The molecule has 0 bridgehead atoms. The number of aromatic nitrogens is 2. The summed E-state index contributed by atoms with van der Waals surface area (Å²) in [6.45, 7) is 4.53. The SMILES string of the molecule is CC1CNC(=O)c2[nH]c3ccc(C(=O)Nc4nc(C(=O)NC5CCN(C)CC5)cs4)cc3c21. The van der Waals surface area contributed by atoms with E-state index in [0.717, 1.165) is 42.4 Å². The van der Waals surface area contributed by atoms with Gasteiger partial charge >= 0.3 is 0 Å². The minimum Gasteiger partial charge on any atom is -0.350 e. The number of rotatable bonds is 4. The van der Waals surface area contributed by atoms with E-state index in [9.17, 15) is 14.4 Å². The highest BCUT2D eigenvalue weighted by Gasteiger charge is 2.27. The topological polar surface area (TPSA) is 119 Å². The summed E-state index contributed by atoms with van der Waals surface area (Å²) in [5.41, 5.74) is 3.09. The summed E-state index contributed by atoms with van der Waals surface area (Å²) in [5, 5.41) is 11.6. The van der Waals surface area contributed by atoms with Crippen LogP contribution >= 0.6 is 11.3 Å². The molecule has 1 aromatic carbocycles. The third-order valence-electron chi connectivity index (χ3n) is 6.40. The molecule has 1 saturated heterocycles. The van der Waals surface area contributed by atoms with Crippen LogP contribution in [0.15, 0.2) is 23.6 Å². The molecular formula is C23H26N6O3S. The number of fused-ring (bicyclic) bond motifs is 3. The molecule has 0 saturated carbocycles. The highest BCUT2D eigenvalue weighted by Crippen LogP contribution is 2.32. The third kappa shape index (κ3) is 4.23. The van der Waals surface area contributed by atoms with Crippen LogP contribution < -0.4 is 16.0 Å². The number of hydrogen-bond donors (Lipinski definition) is 4. The molecule has 1 atom stereocenters. The number of thiazole rings is 1. The van der Waals surface area contributed by atoms with Gasteiger partial charge in [0.1, 0.15) is 11.4 Å². The predicted octanol–water partition coefficient (Wildman–Crippen LogP) is 2.55. The Balaban J connectivity index is 1.29. The van der Waals surface area contributed by atoms with E-state index < -0.39 is 0 Å². The summed E-state index contributed by atoms with van der Waals surface area (Å²) in [4.78, 5) is 47.3. The molecule has 1 fully saturated rings. The van der Waals surface area contributed by atoms with Crippen molar-refractivity contribution in [2.45, 2.75) is 31.7 Å². The average molecular weight is 467 g/mol. The Morgan fingerprint density at radius 3 is 2.79 bits per heavy atom. The van der Waals surface area contributed by atoms with Crippen molar-refractivity contribution in [2.75, 3.05) is 32.0 Å². The van der Waals surface area contributed by atoms with Gasteiger partial charge in [0.25, 0.3) is 17.7 Å². The van der Waals surface area contributed by atoms with Crippen LogP contribution in [0.1, 0.15) is 62.6 Å². The minimum atomic E-state index is -0.309. The van der Waals surface area contributed by atoms with Crippen LogP contribution in [0.25, 0.3) is 10.9 Å². The molecule has 0 spiro atoms. The van der Waals surface area contributed by atoms with Crippen molar-refractivity contribution < 1.29 is 14.4 Å². The number of likely N-dealkylation sites (tertiary alicyclic amines) is 1. The zero-order valence-electron chi connectivity index (χ0n) is 18.5. The Bertz CT molecular complexity index is 1240. The van der Waals surface area contributed by atoms with Gasteiger partial charge in [-0.25, -0.2) is 4.98 Å². The molecular weight excluding hydrogens is 440 g/mol. The third-order valence-corrected chi connectivity index (χ3v) is 7.16. The fourth-order valence-corrected chi connectivity index (χ4v) is 5.18. The maximum Gasteiger partial charge on any atom is 0.271 e. The van der Waals surface area contributed by atoms with Crippen LogP contribution in [-0.4, -0.2) is 65.3 Å². The first-order valence-electron chi connectivity index (χ1n) is 11.1. The lowest BCUT2D eigenvalue weighted by Crippen LogP contribution is -2.43. The quantitative estimate of drug-likeness (QED) is 0.471. The summed E-state index contributed by atoms with van der Waals surface area (Å²) < 4.78 is 0. The van der Waals surface area contributed by atoms with Crippen molar-refractivity contribution in [1.82, 2.24) is 25.5 Å². The molecule has 5 rings (SSSR count). The zero-order chi connectivity index (χ0) is 23.1. The molecule has 10 heteroatoms. The Morgan fingerprint density at radius 1 is 1.21 bits per heavy atom. The Morgan fingerprint density at radius 2 is 2.00 bits per heavy atom. The summed E-state index contributed by atoms with van der Waals surface area (Å²) >= 11 is 1.22. The number of hydrogen-bond acceptors (Lipinski definition) is 6. The van der Waals surface area contributed by atoms with Crippen LogP contribution in [0.2, 0.25) is 0 Å². The molecule has 4 heterocycles. The van der Waals surface area contributed by atoms with Gasteiger partial charge in [-0.3, -0.25) is 19.7 Å². The molecule has 33 heavy (non-hydrogen) atoms. The second-order valence-electron chi connectivity index (χ2n) is 8.83. The number of anilines is 1. The van der Waals surface area contributed by atoms with E-state index in [1.165, 1.54) is 11.3 Å². The van der Waals surface area contributed by atoms with Crippen molar-refractivity contribution in [3.63, 3.8) is 0 Å². The Labute approximate surface area is 195 Å². The average Bonchev–Trinajstić information content (AvgIpc) is 3.43. The summed E-state index contributed by atoms with van der Waals surface area (Å²) in [6.07, 6.45) is 1.84. The van der Waals surface area contributed by atoms with Crippen LogP contribution in [0.3, 0.4) is 0 Å². The fourth-order valence-electron chi connectivity index (χ4n) is 4.50. The number of carbonyl (C=O) groups excluding carboxylic acids is 3. The van der Waals surface area contributed by atoms with Gasteiger partial charge in [0.15, 0.2) is 5.13 Å². The number of carbonyl (C=O) groups is 3. The van der Waals surface area contributed by atoms with E-state index in [1.54, 1.807) is 17.5 Å². The molecule has 2 aliphatic heterocycles. The van der Waals surface area contributed by atoms with E-state index in [0.29, 0.717) is 28.6 Å². The molecule has 4 N–H and O–H groups in total. The van der Waals surface area contributed by atoms with Crippen molar-refractivity contribution in [3.05, 3.63) is 46.1 Å². The second kappa shape index (κ2) is 8.60. The summed E-state index contributed by atoms with van der Waals surface area (Å²) in [7, 11) is 2.08. The molecule has 2 aliphatic rings. The van der Waals surface area contributed by atoms with Gasteiger partial charge in [-0.1, -0.05) is 6.92 Å². The second-order valence-corrected chi connectivity index (χ2v) is 9.69. The molecule has 1 unspecified atom stereocenters. The molecule has 9 nitrogen and oxygen atoms in total. The van der Waals surface area contributed by atoms with E-state index in [4.69, 9.17) is 0 Å². The van der Waals surface area contributed by atoms with Gasteiger partial charge in [0.05, 0.1) is 0 Å². The van der Waals surface area contributed by atoms with Crippen molar-refractivity contribution in [3.8, 4) is 0 Å². The van der Waals surface area contributed by atoms with Crippen molar-refractivity contribution in [2.24, 2.45) is 0 Å². The highest BCUT2D eigenvalue weighted by molar-refractivity contribution is 7.14. The van der Waals surface area contributed by atoms with Gasteiger partial charge in [0, 0.05) is 40.4 Å². The molecule has 3 aromatic rings. The van der Waals surface area contributed by atoms with Crippen molar-refractivity contribution in [1.29, 1.82) is 0 Å². The van der Waals surface area contributed by atoms with Crippen LogP contribution in [-0.2, 0) is 0 Å². The molecule has 0 radical (unpaired) electrons. The van der Waals surface area contributed by atoms with Gasteiger partial charge in [-0.05, 0) is 56.7 Å². The molecule has 172 valence electrons. The lowest BCUT2D eigenvalue weighted by molar-refractivity contribution is 0.0909. The molecule has 0 aliphatic carbocycles. The van der Waals surface area contributed by atoms with E-state index >= 15 is 0 Å². The maximum absolute atomic E-state index is 12.9. The Hall–Kier alpha value is -3.24. The number of aromatic amines is 1. The lowest BCUT2D eigenvalue weighted by Gasteiger charge is -2.29. The number of piperidine rings is 1. The normalized spacial score (nSPS) is 19.2. The summed E-state index contributed by atoms with van der Waals surface area (Å²) in [6, 6.07) is 5.47. The first-order valence-corrected chi connectivity index (χ1v) is 12.0. The first-order chi connectivity index (χ1) is 15.9. The van der Waals surface area contributed by atoms with Crippen molar-refractivity contribution >= 4 is 45.1 Å².